The normalized spacial score (nSPS) is 17.2. The average molecular weight is 564 g/mol. The van der Waals surface area contributed by atoms with Gasteiger partial charge >= 0.3 is 0 Å². The SMILES string of the molecule is CC(C)(C)S(=O)(=O)NC(=O)c1ccccc1-c1ccc2c(c1)OC[C@@H](Cc1ccc(-c3cncs3)cn1)C2O. The van der Waals surface area contributed by atoms with Crippen LogP contribution in [0.5, 0.6) is 5.75 Å². The first-order valence-electron chi connectivity index (χ1n) is 12.5. The molecule has 0 saturated carbocycles. The first-order chi connectivity index (χ1) is 18.5. The number of hydrogen-bond donors (Lipinski definition) is 2. The maximum atomic E-state index is 13.0. The number of ether oxygens (including phenoxy) is 1. The van der Waals surface area contributed by atoms with E-state index in [4.69, 9.17) is 4.74 Å². The molecule has 202 valence electrons. The highest BCUT2D eigenvalue weighted by Gasteiger charge is 2.32. The van der Waals surface area contributed by atoms with Gasteiger partial charge < -0.3 is 9.84 Å². The Hall–Kier alpha value is -3.60. The van der Waals surface area contributed by atoms with Crippen molar-refractivity contribution in [1.82, 2.24) is 14.7 Å². The fourth-order valence-electron chi connectivity index (χ4n) is 4.36. The summed E-state index contributed by atoms with van der Waals surface area (Å²) in [6.07, 6.45) is 3.43. The lowest BCUT2D eigenvalue weighted by atomic mass is 9.88. The van der Waals surface area contributed by atoms with Gasteiger partial charge in [-0.1, -0.05) is 36.4 Å². The fraction of sp³-hybridized carbons (Fsp3) is 0.276. The Morgan fingerprint density at radius 2 is 1.87 bits per heavy atom. The van der Waals surface area contributed by atoms with Crippen molar-refractivity contribution in [2.45, 2.75) is 38.0 Å². The van der Waals surface area contributed by atoms with Crippen LogP contribution < -0.4 is 9.46 Å². The van der Waals surface area contributed by atoms with Crippen molar-refractivity contribution in [3.63, 3.8) is 0 Å². The summed E-state index contributed by atoms with van der Waals surface area (Å²) in [6, 6.07) is 16.1. The Kier molecular flexibility index (Phi) is 7.28. The van der Waals surface area contributed by atoms with Crippen LogP contribution in [0.25, 0.3) is 21.6 Å². The quantitative estimate of drug-likeness (QED) is 0.338. The maximum absolute atomic E-state index is 13.0. The van der Waals surface area contributed by atoms with E-state index in [1.165, 1.54) is 20.8 Å². The van der Waals surface area contributed by atoms with Crippen LogP contribution in [0.15, 0.2) is 72.5 Å². The molecule has 0 spiro atoms. The van der Waals surface area contributed by atoms with Crippen LogP contribution in [-0.2, 0) is 16.4 Å². The lowest BCUT2D eigenvalue weighted by Crippen LogP contribution is -2.42. The van der Waals surface area contributed by atoms with Crippen LogP contribution in [0.2, 0.25) is 0 Å². The molecule has 1 amide bonds. The van der Waals surface area contributed by atoms with Gasteiger partial charge in [-0.25, -0.2) is 13.1 Å². The van der Waals surface area contributed by atoms with Gasteiger partial charge in [0.05, 0.1) is 27.8 Å². The molecule has 8 nitrogen and oxygen atoms in total. The second-order valence-electron chi connectivity index (χ2n) is 10.5. The second kappa shape index (κ2) is 10.5. The number of amides is 1. The molecule has 39 heavy (non-hydrogen) atoms. The minimum absolute atomic E-state index is 0.175. The number of rotatable bonds is 6. The zero-order valence-electron chi connectivity index (χ0n) is 21.8. The van der Waals surface area contributed by atoms with E-state index in [0.29, 0.717) is 35.5 Å². The molecule has 0 radical (unpaired) electrons. The molecule has 0 saturated heterocycles. The lowest BCUT2D eigenvalue weighted by Gasteiger charge is -2.30. The minimum atomic E-state index is -3.88. The molecule has 1 unspecified atom stereocenters. The van der Waals surface area contributed by atoms with E-state index in [2.05, 4.69) is 14.7 Å². The number of aliphatic hydroxyl groups is 1. The van der Waals surface area contributed by atoms with Gasteiger partial charge in [-0.3, -0.25) is 14.8 Å². The Morgan fingerprint density at radius 3 is 2.56 bits per heavy atom. The van der Waals surface area contributed by atoms with Crippen LogP contribution in [0.3, 0.4) is 0 Å². The Labute approximate surface area is 231 Å². The van der Waals surface area contributed by atoms with Crippen molar-refractivity contribution in [2.75, 3.05) is 6.61 Å². The number of hydrogen-bond acceptors (Lipinski definition) is 8. The van der Waals surface area contributed by atoms with E-state index < -0.39 is 26.8 Å². The van der Waals surface area contributed by atoms with Gasteiger partial charge in [0, 0.05) is 40.7 Å². The molecule has 0 bridgehead atoms. The number of pyridine rings is 1. The average Bonchev–Trinajstić information content (AvgIpc) is 3.45. The van der Waals surface area contributed by atoms with Gasteiger partial charge in [0.1, 0.15) is 5.75 Å². The number of fused-ring (bicyclic) bond motifs is 1. The number of carbonyl (C=O) groups is 1. The Bertz CT molecular complexity index is 1590. The summed E-state index contributed by atoms with van der Waals surface area (Å²) in [4.78, 5) is 22.7. The van der Waals surface area contributed by atoms with E-state index in [-0.39, 0.29) is 11.5 Å². The highest BCUT2D eigenvalue weighted by atomic mass is 32.2. The largest absolute Gasteiger partial charge is 0.493 e. The Morgan fingerprint density at radius 1 is 1.10 bits per heavy atom. The molecular formula is C29H29N3O5S2. The number of nitrogens with zero attached hydrogens (tertiary/aromatic N) is 2. The summed E-state index contributed by atoms with van der Waals surface area (Å²) in [5.74, 6) is -0.346. The summed E-state index contributed by atoms with van der Waals surface area (Å²) >= 11 is 1.56. The molecule has 1 aliphatic heterocycles. The van der Waals surface area contributed by atoms with E-state index >= 15 is 0 Å². The van der Waals surface area contributed by atoms with E-state index in [1.807, 2.05) is 24.5 Å². The lowest BCUT2D eigenvalue weighted by molar-refractivity contribution is 0.0503. The standard InChI is InChI=1S/C29H29N3O5S2/c1-29(2,3)39(35,36)32-28(34)23-7-5-4-6-22(23)18-9-11-24-25(13-18)37-16-20(27(24)33)12-21-10-8-19(14-31-21)26-15-30-17-38-26/h4-11,13-15,17,20,27,33H,12,16H2,1-3H3,(H,32,34)/t20-,27?/m1/s1. The van der Waals surface area contributed by atoms with Crippen molar-refractivity contribution in [2.24, 2.45) is 5.92 Å². The molecular weight excluding hydrogens is 534 g/mol. The monoisotopic (exact) mass is 563 g/mol. The molecule has 5 rings (SSSR count). The van der Waals surface area contributed by atoms with E-state index in [1.54, 1.807) is 59.3 Å². The zero-order valence-corrected chi connectivity index (χ0v) is 23.4. The van der Waals surface area contributed by atoms with Crippen LogP contribution in [0.4, 0.5) is 0 Å². The van der Waals surface area contributed by atoms with Crippen LogP contribution >= 0.6 is 11.3 Å². The van der Waals surface area contributed by atoms with E-state index in [0.717, 1.165) is 16.1 Å². The minimum Gasteiger partial charge on any atom is -0.493 e. The molecule has 0 fully saturated rings. The van der Waals surface area contributed by atoms with Gasteiger partial charge in [-0.05, 0) is 56.5 Å². The van der Waals surface area contributed by atoms with Crippen molar-refractivity contribution in [1.29, 1.82) is 0 Å². The third kappa shape index (κ3) is 5.59. The summed E-state index contributed by atoms with van der Waals surface area (Å²) in [7, 11) is -3.88. The van der Waals surface area contributed by atoms with Gasteiger partial charge in [-0.15, -0.1) is 11.3 Å². The van der Waals surface area contributed by atoms with Crippen LogP contribution in [0, 0.1) is 5.92 Å². The van der Waals surface area contributed by atoms with Gasteiger partial charge in [0.2, 0.25) is 10.0 Å². The first-order valence-corrected chi connectivity index (χ1v) is 14.8. The highest BCUT2D eigenvalue weighted by molar-refractivity contribution is 7.91. The van der Waals surface area contributed by atoms with Crippen molar-refractivity contribution >= 4 is 27.3 Å². The topological polar surface area (TPSA) is 118 Å². The third-order valence-electron chi connectivity index (χ3n) is 6.76. The predicted octanol–water partition coefficient (Wildman–Crippen LogP) is 5.01. The highest BCUT2D eigenvalue weighted by Crippen LogP contribution is 2.40. The summed E-state index contributed by atoms with van der Waals surface area (Å²) in [5, 5.41) is 11.2. The second-order valence-corrected chi connectivity index (χ2v) is 13.8. The Balaban J connectivity index is 1.34. The van der Waals surface area contributed by atoms with Crippen molar-refractivity contribution < 1.29 is 23.1 Å². The zero-order chi connectivity index (χ0) is 27.8. The van der Waals surface area contributed by atoms with Gasteiger partial charge in [0.15, 0.2) is 0 Å². The summed E-state index contributed by atoms with van der Waals surface area (Å²) in [6.45, 7) is 4.90. The van der Waals surface area contributed by atoms with Gasteiger partial charge in [-0.2, -0.15) is 0 Å². The van der Waals surface area contributed by atoms with Gasteiger partial charge in [0.25, 0.3) is 5.91 Å². The molecule has 2 aromatic carbocycles. The smallest absolute Gasteiger partial charge is 0.265 e. The number of benzene rings is 2. The molecule has 10 heteroatoms. The number of thiazole rings is 1. The summed E-state index contributed by atoms with van der Waals surface area (Å²) in [5.41, 5.74) is 5.78. The molecule has 4 aromatic rings. The number of nitrogens with one attached hydrogen (secondary N) is 1. The number of sulfonamides is 1. The molecule has 2 N–H and O–H groups in total. The molecule has 2 aromatic heterocycles. The molecule has 2 atom stereocenters. The maximum Gasteiger partial charge on any atom is 0.265 e. The summed E-state index contributed by atoms with van der Waals surface area (Å²) < 4.78 is 32.2. The fourth-order valence-corrected chi connectivity index (χ4v) is 5.64. The molecule has 3 heterocycles. The van der Waals surface area contributed by atoms with Crippen molar-refractivity contribution in [3.8, 4) is 27.3 Å². The third-order valence-corrected chi connectivity index (χ3v) is 9.65. The predicted molar refractivity (Wildman–Crippen MR) is 151 cm³/mol. The number of carbonyl (C=O) groups excluding carboxylic acids is 1. The van der Waals surface area contributed by atoms with Crippen LogP contribution in [0.1, 0.15) is 48.5 Å². The first kappa shape index (κ1) is 27.0. The van der Waals surface area contributed by atoms with Crippen LogP contribution in [-0.4, -0.2) is 40.8 Å². The molecule has 0 aliphatic carbocycles. The van der Waals surface area contributed by atoms with E-state index in [9.17, 15) is 18.3 Å². The number of aliphatic hydroxyl groups excluding tert-OH is 1. The van der Waals surface area contributed by atoms with Crippen molar-refractivity contribution in [3.05, 3.63) is 89.3 Å². The number of aromatic nitrogens is 2. The molecule has 1 aliphatic rings.